The Labute approximate surface area is 80.5 Å². The predicted octanol–water partition coefficient (Wildman–Crippen LogP) is 1.38. The van der Waals surface area contributed by atoms with Gasteiger partial charge in [-0.05, 0) is 42.4 Å². The van der Waals surface area contributed by atoms with Crippen LogP contribution in [0.5, 0.6) is 0 Å². The third kappa shape index (κ3) is 1.23. The van der Waals surface area contributed by atoms with Gasteiger partial charge < -0.3 is 10.8 Å². The molecule has 2 bridgehead atoms. The third-order valence-corrected chi connectivity index (χ3v) is 4.67. The minimum atomic E-state index is 0.0190. The van der Waals surface area contributed by atoms with Gasteiger partial charge in [-0.15, -0.1) is 0 Å². The van der Waals surface area contributed by atoms with Crippen LogP contribution in [0.1, 0.15) is 33.1 Å². The molecule has 0 spiro atoms. The molecule has 4 atom stereocenters. The van der Waals surface area contributed by atoms with Crippen LogP contribution in [-0.4, -0.2) is 17.8 Å². The van der Waals surface area contributed by atoms with Crippen molar-refractivity contribution >= 4 is 0 Å². The number of fused-ring (bicyclic) bond motifs is 2. The van der Waals surface area contributed by atoms with Crippen molar-refractivity contribution < 1.29 is 5.11 Å². The van der Waals surface area contributed by atoms with Gasteiger partial charge in [-0.2, -0.15) is 0 Å². The number of aliphatic hydroxyl groups is 1. The van der Waals surface area contributed by atoms with E-state index in [2.05, 4.69) is 13.8 Å². The van der Waals surface area contributed by atoms with E-state index in [0.717, 1.165) is 11.8 Å². The Morgan fingerprint density at radius 1 is 1.46 bits per heavy atom. The monoisotopic (exact) mass is 183 g/mol. The zero-order valence-corrected chi connectivity index (χ0v) is 8.66. The lowest BCUT2D eigenvalue weighted by molar-refractivity contribution is -0.114. The van der Waals surface area contributed by atoms with Crippen LogP contribution < -0.4 is 5.73 Å². The molecule has 0 heterocycles. The number of nitrogens with two attached hydrogens (primary N) is 1. The van der Waals surface area contributed by atoms with E-state index >= 15 is 0 Å². The SMILES string of the molecule is CC1(C)[C@H]2CCC([C@H](N)CO)[C@@H]1C2. The zero-order chi connectivity index (χ0) is 9.64. The standard InChI is InChI=1S/C11H21NO/c1-11(2)7-3-4-8(9(11)5-7)10(12)6-13/h7-10,13H,3-6,12H2,1-2H3/t7-,8?,9-,10+/m0/s1. The fourth-order valence-corrected chi connectivity index (χ4v) is 3.52. The maximum atomic E-state index is 9.07. The van der Waals surface area contributed by atoms with Gasteiger partial charge in [0.05, 0.1) is 6.61 Å². The molecule has 0 saturated heterocycles. The summed E-state index contributed by atoms with van der Waals surface area (Å²) in [4.78, 5) is 0. The van der Waals surface area contributed by atoms with Crippen molar-refractivity contribution in [3.8, 4) is 0 Å². The van der Waals surface area contributed by atoms with Crippen molar-refractivity contribution in [1.29, 1.82) is 0 Å². The molecule has 0 aromatic carbocycles. The topological polar surface area (TPSA) is 46.2 Å². The van der Waals surface area contributed by atoms with Gasteiger partial charge in [0.15, 0.2) is 0 Å². The molecular weight excluding hydrogens is 162 g/mol. The van der Waals surface area contributed by atoms with Crippen molar-refractivity contribution in [2.45, 2.75) is 39.2 Å². The van der Waals surface area contributed by atoms with Gasteiger partial charge >= 0.3 is 0 Å². The van der Waals surface area contributed by atoms with E-state index in [0.29, 0.717) is 11.3 Å². The lowest BCUT2D eigenvalue weighted by Crippen LogP contribution is -2.57. The van der Waals surface area contributed by atoms with Gasteiger partial charge in [0.2, 0.25) is 0 Å². The highest BCUT2D eigenvalue weighted by Gasteiger charge is 2.55. The predicted molar refractivity (Wildman–Crippen MR) is 53.2 cm³/mol. The summed E-state index contributed by atoms with van der Waals surface area (Å²) in [6, 6.07) is 0.0190. The van der Waals surface area contributed by atoms with Gasteiger partial charge in [0, 0.05) is 6.04 Å². The second-order valence-electron chi connectivity index (χ2n) is 5.45. The van der Waals surface area contributed by atoms with Gasteiger partial charge in [-0.3, -0.25) is 0 Å². The third-order valence-electron chi connectivity index (χ3n) is 4.67. The minimum absolute atomic E-state index is 0.0190. The second kappa shape index (κ2) is 2.96. The molecule has 3 fully saturated rings. The Bertz CT molecular complexity index is 200. The molecule has 3 aliphatic carbocycles. The summed E-state index contributed by atoms with van der Waals surface area (Å²) >= 11 is 0. The molecule has 13 heavy (non-hydrogen) atoms. The van der Waals surface area contributed by atoms with E-state index < -0.39 is 0 Å². The van der Waals surface area contributed by atoms with E-state index in [-0.39, 0.29) is 12.6 Å². The Hall–Kier alpha value is -0.0800. The summed E-state index contributed by atoms with van der Waals surface area (Å²) in [5, 5.41) is 9.07. The minimum Gasteiger partial charge on any atom is -0.395 e. The number of rotatable bonds is 2. The molecule has 76 valence electrons. The highest BCUT2D eigenvalue weighted by atomic mass is 16.3. The van der Waals surface area contributed by atoms with E-state index in [1.165, 1.54) is 19.3 Å². The molecule has 3 saturated carbocycles. The number of hydrogen-bond donors (Lipinski definition) is 2. The van der Waals surface area contributed by atoms with Crippen LogP contribution in [0.15, 0.2) is 0 Å². The Balaban J connectivity index is 2.07. The lowest BCUT2D eigenvalue weighted by Gasteiger charge is -2.61. The molecule has 0 aromatic rings. The smallest absolute Gasteiger partial charge is 0.0585 e. The molecule has 0 radical (unpaired) electrons. The summed E-state index contributed by atoms with van der Waals surface area (Å²) in [5.41, 5.74) is 6.43. The quantitative estimate of drug-likeness (QED) is 0.679. The average Bonchev–Trinajstić information content (AvgIpc) is 2.16. The van der Waals surface area contributed by atoms with E-state index in [1.54, 1.807) is 0 Å². The van der Waals surface area contributed by atoms with Crippen molar-refractivity contribution in [2.75, 3.05) is 6.61 Å². The largest absolute Gasteiger partial charge is 0.395 e. The molecule has 0 aliphatic heterocycles. The Morgan fingerprint density at radius 2 is 2.15 bits per heavy atom. The maximum Gasteiger partial charge on any atom is 0.0585 e. The van der Waals surface area contributed by atoms with Crippen LogP contribution in [0.3, 0.4) is 0 Å². The first-order chi connectivity index (χ1) is 6.07. The highest BCUT2D eigenvalue weighted by Crippen LogP contribution is 2.61. The molecule has 3 N–H and O–H groups in total. The van der Waals surface area contributed by atoms with Crippen LogP contribution in [-0.2, 0) is 0 Å². The summed E-state index contributed by atoms with van der Waals surface area (Å²) in [5.74, 6) is 2.28. The molecular formula is C11H21NO. The molecule has 0 amide bonds. The Kier molecular flexibility index (Phi) is 2.16. The van der Waals surface area contributed by atoms with Gasteiger partial charge in [0.25, 0.3) is 0 Å². The average molecular weight is 183 g/mol. The first-order valence-corrected chi connectivity index (χ1v) is 5.43. The molecule has 2 nitrogen and oxygen atoms in total. The molecule has 3 rings (SSSR count). The molecule has 1 unspecified atom stereocenters. The normalized spacial score (nSPS) is 43.8. The second-order valence-corrected chi connectivity index (χ2v) is 5.45. The van der Waals surface area contributed by atoms with Crippen molar-refractivity contribution in [1.82, 2.24) is 0 Å². The van der Waals surface area contributed by atoms with Crippen LogP contribution in [0.4, 0.5) is 0 Å². The summed E-state index contributed by atoms with van der Waals surface area (Å²) < 4.78 is 0. The van der Waals surface area contributed by atoms with Crippen LogP contribution >= 0.6 is 0 Å². The van der Waals surface area contributed by atoms with Crippen molar-refractivity contribution in [2.24, 2.45) is 28.9 Å². The number of aliphatic hydroxyl groups excluding tert-OH is 1. The summed E-state index contributed by atoms with van der Waals surface area (Å²) in [6.45, 7) is 4.88. The van der Waals surface area contributed by atoms with Crippen LogP contribution in [0.25, 0.3) is 0 Å². The van der Waals surface area contributed by atoms with Gasteiger partial charge in [-0.1, -0.05) is 13.8 Å². The van der Waals surface area contributed by atoms with Crippen molar-refractivity contribution in [3.05, 3.63) is 0 Å². The van der Waals surface area contributed by atoms with Crippen molar-refractivity contribution in [3.63, 3.8) is 0 Å². The first kappa shape index (κ1) is 9.47. The fourth-order valence-electron chi connectivity index (χ4n) is 3.52. The van der Waals surface area contributed by atoms with E-state index in [1.807, 2.05) is 0 Å². The highest BCUT2D eigenvalue weighted by molar-refractivity contribution is 5.05. The molecule has 0 aromatic heterocycles. The summed E-state index contributed by atoms with van der Waals surface area (Å²) in [6.07, 6.45) is 3.91. The lowest BCUT2D eigenvalue weighted by atomic mass is 9.45. The maximum absolute atomic E-state index is 9.07. The van der Waals surface area contributed by atoms with E-state index in [9.17, 15) is 0 Å². The van der Waals surface area contributed by atoms with Gasteiger partial charge in [0.1, 0.15) is 0 Å². The first-order valence-electron chi connectivity index (χ1n) is 5.43. The molecule has 3 aliphatic rings. The number of hydrogen-bond acceptors (Lipinski definition) is 2. The zero-order valence-electron chi connectivity index (χ0n) is 8.66. The fraction of sp³-hybridized carbons (Fsp3) is 1.00. The van der Waals surface area contributed by atoms with Crippen LogP contribution in [0.2, 0.25) is 0 Å². The Morgan fingerprint density at radius 3 is 2.62 bits per heavy atom. The molecule has 2 heteroatoms. The van der Waals surface area contributed by atoms with Crippen LogP contribution in [0, 0.1) is 23.2 Å². The van der Waals surface area contributed by atoms with E-state index in [4.69, 9.17) is 10.8 Å². The summed E-state index contributed by atoms with van der Waals surface area (Å²) in [7, 11) is 0. The van der Waals surface area contributed by atoms with Gasteiger partial charge in [-0.25, -0.2) is 0 Å².